The summed E-state index contributed by atoms with van der Waals surface area (Å²) in [6.45, 7) is 19.8. The average molecular weight is 1400 g/mol. The molecule has 0 aromatic heterocycles. The van der Waals surface area contributed by atoms with Gasteiger partial charge in [-0.3, -0.25) is 49.6 Å². The Morgan fingerprint density at radius 1 is 0.438 bits per heavy atom. The van der Waals surface area contributed by atoms with Crippen LogP contribution in [0, 0.1) is 21.7 Å². The van der Waals surface area contributed by atoms with Crippen LogP contribution in [0.2, 0.25) is 0 Å². The zero-order chi connectivity index (χ0) is 69.5. The molecule has 2 aromatic carbocycles. The fourth-order valence-electron chi connectivity index (χ4n) is 14.3. The monoisotopic (exact) mass is 1400 g/mol. The minimum absolute atomic E-state index is 0.0398. The van der Waals surface area contributed by atoms with Crippen molar-refractivity contribution in [3.8, 4) is 23.0 Å². The van der Waals surface area contributed by atoms with E-state index >= 15 is 0 Å². The first kappa shape index (κ1) is 76.8. The summed E-state index contributed by atoms with van der Waals surface area (Å²) in [7, 11) is 3.13. The Hall–Kier alpha value is -4.94. The van der Waals surface area contributed by atoms with Crippen LogP contribution >= 0.6 is 50.5 Å². The quantitative estimate of drug-likeness (QED) is 0.0275. The number of carbonyl (C=O) groups excluding carboxylic acids is 6. The summed E-state index contributed by atoms with van der Waals surface area (Å²) in [6.07, 6.45) is 10.8. The summed E-state index contributed by atoms with van der Waals surface area (Å²) >= 11 is 18.0. The van der Waals surface area contributed by atoms with Crippen molar-refractivity contribution in [2.24, 2.45) is 21.7 Å². The molecule has 2 aromatic rings. The van der Waals surface area contributed by atoms with Gasteiger partial charge in [0.1, 0.15) is 13.2 Å². The number of benzene rings is 2. The van der Waals surface area contributed by atoms with Crippen LogP contribution in [0.5, 0.6) is 23.0 Å². The van der Waals surface area contributed by atoms with Crippen LogP contribution in [0.15, 0.2) is 81.5 Å². The van der Waals surface area contributed by atoms with Crippen molar-refractivity contribution in [1.29, 1.82) is 0 Å². The molecule has 6 aliphatic rings. The molecule has 0 saturated carbocycles. The summed E-state index contributed by atoms with van der Waals surface area (Å²) in [6, 6.07) is 11.2. The van der Waals surface area contributed by atoms with Crippen LogP contribution in [0.3, 0.4) is 0 Å². The molecule has 2 unspecified atom stereocenters. The van der Waals surface area contributed by atoms with Crippen molar-refractivity contribution in [2.75, 3.05) is 91.8 Å². The van der Waals surface area contributed by atoms with Crippen molar-refractivity contribution < 1.29 is 66.7 Å². The molecule has 2 aliphatic heterocycles. The van der Waals surface area contributed by atoms with E-state index in [1.165, 1.54) is 0 Å². The highest BCUT2D eigenvalue weighted by Gasteiger charge is 2.52. The summed E-state index contributed by atoms with van der Waals surface area (Å²) in [4.78, 5) is 85.2. The summed E-state index contributed by atoms with van der Waals surface area (Å²) in [5.74, 6) is 1.71. The molecular weight excluding hydrogens is 1300 g/mol. The second kappa shape index (κ2) is 34.9. The normalized spacial score (nSPS) is 19.8. The Kier molecular flexibility index (Phi) is 27.9. The number of nitrogens with zero attached hydrogens (tertiary/aromatic N) is 2. The van der Waals surface area contributed by atoms with E-state index in [-0.39, 0.29) is 80.3 Å². The van der Waals surface area contributed by atoms with Gasteiger partial charge in [-0.2, -0.15) is 50.5 Å². The molecule has 0 saturated heterocycles. The minimum Gasteiger partial charge on any atom is -0.493 e. The molecule has 0 bridgehead atoms. The zero-order valence-electron chi connectivity index (χ0n) is 58.4. The lowest BCUT2D eigenvalue weighted by Crippen LogP contribution is -2.50. The number of unbranched alkanes of at least 4 members (excludes halogenated alkanes) is 2. The van der Waals surface area contributed by atoms with E-state index in [1.807, 2.05) is 46.4 Å². The molecule has 18 nitrogen and oxygen atoms in total. The number of Topliss-reactive ketones (excluding diaryl/α,β-unsaturated/α-hetero) is 4. The Morgan fingerprint density at radius 3 is 1.01 bits per heavy atom. The van der Waals surface area contributed by atoms with Gasteiger partial charge in [-0.05, 0) is 133 Å². The Labute approximate surface area is 591 Å². The van der Waals surface area contributed by atoms with Gasteiger partial charge in [0.15, 0.2) is 46.1 Å². The molecule has 530 valence electrons. The van der Waals surface area contributed by atoms with Gasteiger partial charge in [0.05, 0.1) is 67.1 Å². The average Bonchev–Trinajstić information content (AvgIpc) is 0.724. The van der Waals surface area contributed by atoms with E-state index in [0.717, 1.165) is 83.9 Å². The van der Waals surface area contributed by atoms with Crippen molar-refractivity contribution >= 4 is 85.5 Å². The molecule has 8 rings (SSSR count). The van der Waals surface area contributed by atoms with Gasteiger partial charge in [0.25, 0.3) is 0 Å². The van der Waals surface area contributed by atoms with Crippen molar-refractivity contribution in [3.63, 3.8) is 0 Å². The molecule has 96 heavy (non-hydrogen) atoms. The molecule has 4 aliphatic carbocycles. The predicted octanol–water partition coefficient (Wildman–Crippen LogP) is 13.0. The van der Waals surface area contributed by atoms with E-state index in [1.54, 1.807) is 14.2 Å². The smallest absolute Gasteiger partial charge is 0.238 e. The first-order valence-corrected chi connectivity index (χ1v) is 36.7. The number of allylic oxidation sites excluding steroid dienone is 8. The molecule has 2 N–H and O–H groups in total. The first-order chi connectivity index (χ1) is 45.7. The zero-order valence-corrected chi connectivity index (χ0v) is 62.0. The fourth-order valence-corrected chi connectivity index (χ4v) is 15.9. The molecule has 22 heteroatoms. The topological polar surface area (TPSA) is 207 Å². The van der Waals surface area contributed by atoms with E-state index in [2.05, 4.69) is 117 Å². The minimum atomic E-state index is -0.637. The number of ether oxygens (including phenoxy) is 8. The number of rotatable bonds is 37. The van der Waals surface area contributed by atoms with Crippen LogP contribution in [0.1, 0.15) is 194 Å². The Balaban J connectivity index is 0.769. The van der Waals surface area contributed by atoms with Gasteiger partial charge in [-0.1, -0.05) is 80.4 Å². The molecule has 0 fully saturated rings. The van der Waals surface area contributed by atoms with Gasteiger partial charge in [-0.15, -0.1) is 0 Å². The number of hydrogen-bond acceptors (Lipinski definition) is 20. The molecule has 0 spiro atoms. The maximum atomic E-state index is 14.4. The Bertz CT molecular complexity index is 2940. The number of ketones is 4. The largest absolute Gasteiger partial charge is 0.493 e. The maximum absolute atomic E-state index is 14.4. The van der Waals surface area contributed by atoms with Crippen molar-refractivity contribution in [3.05, 3.63) is 92.6 Å². The predicted molar refractivity (Wildman–Crippen MR) is 385 cm³/mol. The third-order valence-electron chi connectivity index (χ3n) is 18.7. The molecule has 2 heterocycles. The second-order valence-electron chi connectivity index (χ2n) is 29.6. The van der Waals surface area contributed by atoms with Gasteiger partial charge < -0.3 is 37.9 Å². The van der Waals surface area contributed by atoms with E-state index in [4.69, 9.17) is 37.9 Å². The second-order valence-corrected chi connectivity index (χ2v) is 32.0. The summed E-state index contributed by atoms with van der Waals surface area (Å²) < 4.78 is 47.2. The van der Waals surface area contributed by atoms with Gasteiger partial charge in [0.2, 0.25) is 11.8 Å². The highest BCUT2D eigenvalue weighted by Crippen LogP contribution is 2.57. The SMILES string of the molecule is COc1cc(C2C3=C(CC(C)(C)CC3=O)N(NC(=O)CCCCC(S)CCS)C3=C2C(=O)CC(C)(C)C3)ccc1OCCOCCOCCOCCOCCOc1ccc(C2C3=C(CC(C)(C)CC3=O)N(NC(=O)CCCCC(S)CCS)C3=C2C(=O)CC(C)(C)C3)cc1OC. The summed E-state index contributed by atoms with van der Waals surface area (Å²) in [5, 5.41) is 4.11. The number of nitrogens with one attached hydrogen (secondary N) is 2. The van der Waals surface area contributed by atoms with Crippen molar-refractivity contribution in [2.45, 2.75) is 193 Å². The van der Waals surface area contributed by atoms with Crippen LogP contribution in [0.25, 0.3) is 0 Å². The highest BCUT2D eigenvalue weighted by molar-refractivity contribution is 7.81. The van der Waals surface area contributed by atoms with Crippen molar-refractivity contribution in [1.82, 2.24) is 20.9 Å². The third-order valence-corrected chi connectivity index (χ3v) is 20.3. The summed E-state index contributed by atoms with van der Waals surface area (Å²) in [5.41, 5.74) is 11.5. The van der Waals surface area contributed by atoms with E-state index < -0.39 is 11.8 Å². The van der Waals surface area contributed by atoms with E-state index in [0.29, 0.717) is 175 Å². The first-order valence-electron chi connectivity index (χ1n) is 34.4. The fraction of sp³-hybridized carbons (Fsp3) is 0.649. The lowest BCUT2D eigenvalue weighted by atomic mass is 9.64. The number of methoxy groups -OCH3 is 2. The number of carbonyl (C=O) groups is 6. The van der Waals surface area contributed by atoms with Gasteiger partial charge in [0, 0.05) is 106 Å². The molecule has 2 amide bonds. The van der Waals surface area contributed by atoms with E-state index in [9.17, 15) is 28.8 Å². The lowest BCUT2D eigenvalue weighted by molar-refractivity contribution is -0.127. The molecular formula is C74H106N4O14S4. The number of thiol groups is 4. The Morgan fingerprint density at radius 2 is 0.729 bits per heavy atom. The number of amides is 2. The standard InChI is InChI=1S/C74H106N4O14S4/c1-71(2)39-51-67(55(79)43-71)65(68-52(40-72(3,4)44-56(68)80)77(51)75-63(83)17-13-11-15-49(95)23-35-93)47-19-21-59(61(37-47)85-9)91-33-31-89-29-27-87-25-26-88-28-30-90-32-34-92-60-22-20-48(38-62(60)86-10)66-69-53(41-73(5,6)45-57(69)81)78(54-42-74(7,8)46-58(82)70(54)66)76-64(84)18-14-12-16-50(96)24-36-94/h19-22,37-38,49-50,65-66,93-96H,11-18,23-36,39-46H2,1-10H3,(H,75,83)(H,76,84). The lowest BCUT2D eigenvalue weighted by Gasteiger charge is -2.48. The maximum Gasteiger partial charge on any atom is 0.238 e. The molecule has 2 atom stereocenters. The van der Waals surface area contributed by atoms with Gasteiger partial charge in [-0.25, -0.2) is 0 Å². The van der Waals surface area contributed by atoms with Crippen LogP contribution < -0.4 is 29.8 Å². The number of hydrogen-bond donors (Lipinski definition) is 6. The number of hydrazine groups is 2. The highest BCUT2D eigenvalue weighted by atomic mass is 32.1. The van der Waals surface area contributed by atoms with Crippen LogP contribution in [0.4, 0.5) is 0 Å². The third kappa shape index (κ3) is 20.4. The van der Waals surface area contributed by atoms with Crippen LogP contribution in [-0.2, 0) is 47.7 Å². The van der Waals surface area contributed by atoms with Gasteiger partial charge >= 0.3 is 0 Å². The molecule has 0 radical (unpaired) electrons. The van der Waals surface area contributed by atoms with Crippen LogP contribution in [-0.4, -0.2) is 147 Å².